The molecule has 0 radical (unpaired) electrons. The molecule has 8 heteroatoms. The minimum atomic E-state index is -0.153. The number of nitrogens with zero attached hydrogens (tertiary/aromatic N) is 5. The van der Waals surface area contributed by atoms with E-state index in [4.69, 9.17) is 4.74 Å². The number of amides is 2. The molecule has 8 nitrogen and oxygen atoms in total. The normalized spacial score (nSPS) is 23.9. The number of carbonyl (C=O) groups excluding carboxylic acids is 2. The zero-order valence-electron chi connectivity index (χ0n) is 16.6. The van der Waals surface area contributed by atoms with Gasteiger partial charge in [-0.1, -0.05) is 0 Å². The Balaban J connectivity index is 1.71. The molecule has 0 spiro atoms. The summed E-state index contributed by atoms with van der Waals surface area (Å²) >= 11 is 0. The maximum Gasteiger partial charge on any atom is 0.225 e. The number of piperidine rings is 1. The number of aryl methyl sites for hydroxylation is 1. The second-order valence-corrected chi connectivity index (χ2v) is 7.74. The molecular weight excluding hydrogens is 346 g/mol. The van der Waals surface area contributed by atoms with Gasteiger partial charge in [-0.2, -0.15) is 5.10 Å². The number of likely N-dealkylation sites (N-methyl/N-ethyl adjacent to an activating group) is 1. The van der Waals surface area contributed by atoms with Crippen molar-refractivity contribution in [3.05, 3.63) is 18.0 Å². The molecule has 2 atom stereocenters. The van der Waals surface area contributed by atoms with Crippen molar-refractivity contribution >= 4 is 11.8 Å². The van der Waals surface area contributed by atoms with Crippen LogP contribution in [0.5, 0.6) is 0 Å². The molecule has 2 aliphatic heterocycles. The topological polar surface area (TPSA) is 70.9 Å². The number of carbonyl (C=O) groups is 2. The first-order chi connectivity index (χ1) is 13.0. The highest BCUT2D eigenvalue weighted by atomic mass is 16.5. The molecule has 1 aromatic rings. The van der Waals surface area contributed by atoms with Crippen LogP contribution in [0.25, 0.3) is 0 Å². The van der Waals surface area contributed by atoms with Gasteiger partial charge >= 0.3 is 0 Å². The molecule has 2 amide bonds. The minimum absolute atomic E-state index is 0.0780. The fraction of sp³-hybridized carbons (Fsp3) is 0.737. The molecule has 3 heterocycles. The predicted octanol–water partition coefficient (Wildman–Crippen LogP) is 0.653. The van der Waals surface area contributed by atoms with Crippen LogP contribution in [0, 0.1) is 0 Å². The van der Waals surface area contributed by atoms with E-state index in [2.05, 4.69) is 10.00 Å². The van der Waals surface area contributed by atoms with Crippen LogP contribution in [-0.4, -0.2) is 89.3 Å². The smallest absolute Gasteiger partial charge is 0.225 e. The SMILES string of the molecule is CN(C)C[C@@H]1OCCN(C(=O)CCN2CCCCC2=O)[C@H]1c1cnn(C)c1. The number of rotatable bonds is 6. The van der Waals surface area contributed by atoms with Crippen molar-refractivity contribution in [3.63, 3.8) is 0 Å². The maximum atomic E-state index is 13.1. The molecule has 2 saturated heterocycles. The van der Waals surface area contributed by atoms with E-state index in [0.29, 0.717) is 32.5 Å². The van der Waals surface area contributed by atoms with E-state index in [9.17, 15) is 9.59 Å². The second-order valence-electron chi connectivity index (χ2n) is 7.74. The van der Waals surface area contributed by atoms with E-state index in [1.165, 1.54) is 0 Å². The van der Waals surface area contributed by atoms with E-state index >= 15 is 0 Å². The third-order valence-corrected chi connectivity index (χ3v) is 5.30. The van der Waals surface area contributed by atoms with Crippen LogP contribution in [-0.2, 0) is 21.4 Å². The highest BCUT2D eigenvalue weighted by molar-refractivity contribution is 5.80. The molecule has 27 heavy (non-hydrogen) atoms. The van der Waals surface area contributed by atoms with Gasteiger partial charge in [-0.3, -0.25) is 14.3 Å². The van der Waals surface area contributed by atoms with Crippen LogP contribution in [0.3, 0.4) is 0 Å². The lowest BCUT2D eigenvalue weighted by atomic mass is 10.00. The average molecular weight is 377 g/mol. The molecule has 2 aliphatic rings. The lowest BCUT2D eigenvalue weighted by molar-refractivity contribution is -0.149. The first-order valence-electron chi connectivity index (χ1n) is 9.78. The van der Waals surface area contributed by atoms with Crippen LogP contribution in [0.2, 0.25) is 0 Å². The van der Waals surface area contributed by atoms with E-state index < -0.39 is 0 Å². The number of hydrogen-bond donors (Lipinski definition) is 0. The summed E-state index contributed by atoms with van der Waals surface area (Å²) in [4.78, 5) is 30.9. The van der Waals surface area contributed by atoms with Gasteiger partial charge in [0.05, 0.1) is 24.9 Å². The average Bonchev–Trinajstić information content (AvgIpc) is 3.06. The Kier molecular flexibility index (Phi) is 6.49. The Bertz CT molecular complexity index is 660. The fourth-order valence-corrected chi connectivity index (χ4v) is 3.99. The fourth-order valence-electron chi connectivity index (χ4n) is 3.99. The van der Waals surface area contributed by atoms with Gasteiger partial charge < -0.3 is 19.4 Å². The predicted molar refractivity (Wildman–Crippen MR) is 101 cm³/mol. The van der Waals surface area contributed by atoms with Gasteiger partial charge in [0.25, 0.3) is 0 Å². The summed E-state index contributed by atoms with van der Waals surface area (Å²) in [6.07, 6.45) is 6.63. The number of morpholine rings is 1. The Labute approximate surface area is 161 Å². The number of aromatic nitrogens is 2. The summed E-state index contributed by atoms with van der Waals surface area (Å²) in [6, 6.07) is -0.153. The molecule has 3 rings (SSSR count). The molecule has 2 fully saturated rings. The lowest BCUT2D eigenvalue weighted by Gasteiger charge is -2.42. The Morgan fingerprint density at radius 1 is 1.33 bits per heavy atom. The summed E-state index contributed by atoms with van der Waals surface area (Å²) in [6.45, 7) is 3.10. The molecule has 0 N–H and O–H groups in total. The van der Waals surface area contributed by atoms with Crippen molar-refractivity contribution in [2.75, 3.05) is 46.9 Å². The van der Waals surface area contributed by atoms with Crippen molar-refractivity contribution in [2.45, 2.75) is 37.8 Å². The summed E-state index contributed by atoms with van der Waals surface area (Å²) < 4.78 is 7.78. The van der Waals surface area contributed by atoms with Crippen molar-refractivity contribution in [3.8, 4) is 0 Å². The van der Waals surface area contributed by atoms with Crippen LogP contribution >= 0.6 is 0 Å². The standard InChI is InChI=1S/C19H31N5O3/c1-21(2)14-16-19(15-12-20-22(3)13-15)24(10-11-27-16)18(26)7-9-23-8-5-4-6-17(23)25/h12-13,16,19H,4-11,14H2,1-3H3/t16-,19-/m0/s1. The van der Waals surface area contributed by atoms with Crippen molar-refractivity contribution < 1.29 is 14.3 Å². The van der Waals surface area contributed by atoms with Gasteiger partial charge in [-0.25, -0.2) is 0 Å². The Morgan fingerprint density at radius 2 is 2.15 bits per heavy atom. The summed E-state index contributed by atoms with van der Waals surface area (Å²) in [7, 11) is 5.89. The van der Waals surface area contributed by atoms with Crippen LogP contribution in [0.15, 0.2) is 12.4 Å². The number of ether oxygens (including phenoxy) is 1. The van der Waals surface area contributed by atoms with Crippen molar-refractivity contribution in [1.29, 1.82) is 0 Å². The molecule has 1 aromatic heterocycles. The van der Waals surface area contributed by atoms with Crippen LogP contribution in [0.4, 0.5) is 0 Å². The molecule has 0 aromatic carbocycles. The van der Waals surface area contributed by atoms with Crippen molar-refractivity contribution in [2.24, 2.45) is 7.05 Å². The monoisotopic (exact) mass is 377 g/mol. The molecule has 0 aliphatic carbocycles. The quantitative estimate of drug-likeness (QED) is 0.728. The Morgan fingerprint density at radius 3 is 2.81 bits per heavy atom. The zero-order valence-corrected chi connectivity index (χ0v) is 16.6. The van der Waals surface area contributed by atoms with E-state index in [0.717, 1.165) is 31.5 Å². The summed E-state index contributed by atoms with van der Waals surface area (Å²) in [5.41, 5.74) is 0.992. The third-order valence-electron chi connectivity index (χ3n) is 5.30. The van der Waals surface area contributed by atoms with E-state index in [-0.39, 0.29) is 24.0 Å². The van der Waals surface area contributed by atoms with E-state index in [1.807, 2.05) is 43.3 Å². The lowest BCUT2D eigenvalue weighted by Crippen LogP contribution is -2.51. The second kappa shape index (κ2) is 8.84. The van der Waals surface area contributed by atoms with Crippen LogP contribution in [0.1, 0.15) is 37.3 Å². The molecule has 150 valence electrons. The van der Waals surface area contributed by atoms with Gasteiger partial charge in [0, 0.05) is 57.8 Å². The molecule has 0 unspecified atom stereocenters. The minimum Gasteiger partial charge on any atom is -0.373 e. The highest BCUT2D eigenvalue weighted by Gasteiger charge is 2.37. The van der Waals surface area contributed by atoms with Gasteiger partial charge in [0.2, 0.25) is 11.8 Å². The largest absolute Gasteiger partial charge is 0.373 e. The van der Waals surface area contributed by atoms with Gasteiger partial charge in [0.15, 0.2) is 0 Å². The van der Waals surface area contributed by atoms with E-state index in [1.54, 1.807) is 4.68 Å². The highest BCUT2D eigenvalue weighted by Crippen LogP contribution is 2.30. The number of hydrogen-bond acceptors (Lipinski definition) is 5. The first kappa shape index (κ1) is 19.8. The zero-order chi connectivity index (χ0) is 19.4. The molecule has 0 bridgehead atoms. The van der Waals surface area contributed by atoms with Gasteiger partial charge in [-0.05, 0) is 26.9 Å². The number of likely N-dealkylation sites (tertiary alicyclic amines) is 1. The van der Waals surface area contributed by atoms with Crippen LogP contribution < -0.4 is 0 Å². The Hall–Kier alpha value is -1.93. The molecule has 0 saturated carbocycles. The van der Waals surface area contributed by atoms with Crippen molar-refractivity contribution in [1.82, 2.24) is 24.5 Å². The summed E-state index contributed by atoms with van der Waals surface area (Å²) in [5.74, 6) is 0.250. The molecular formula is C19H31N5O3. The van der Waals surface area contributed by atoms with Gasteiger partial charge in [-0.15, -0.1) is 0 Å². The summed E-state index contributed by atoms with van der Waals surface area (Å²) in [5, 5.41) is 4.29. The first-order valence-corrected chi connectivity index (χ1v) is 9.78. The van der Waals surface area contributed by atoms with Gasteiger partial charge in [0.1, 0.15) is 0 Å². The maximum absolute atomic E-state index is 13.1. The third kappa shape index (κ3) is 4.87.